The molecule has 4 rings (SSSR count). The molecule has 0 amide bonds. The molecule has 0 unspecified atom stereocenters. The summed E-state index contributed by atoms with van der Waals surface area (Å²) in [6.45, 7) is 0.102. The lowest BCUT2D eigenvalue weighted by atomic mass is 10.1. The van der Waals surface area contributed by atoms with Crippen molar-refractivity contribution in [1.29, 1.82) is 0 Å². The van der Waals surface area contributed by atoms with Gasteiger partial charge in [-0.05, 0) is 12.1 Å². The third-order valence-corrected chi connectivity index (χ3v) is 4.47. The second-order valence-corrected chi connectivity index (χ2v) is 5.91. The van der Waals surface area contributed by atoms with Gasteiger partial charge in [-0.2, -0.15) is 0 Å². The molecule has 9 nitrogen and oxygen atoms in total. The van der Waals surface area contributed by atoms with Gasteiger partial charge in [0.15, 0.2) is 28.4 Å². The van der Waals surface area contributed by atoms with Crippen molar-refractivity contribution < 1.29 is 38.3 Å². The highest BCUT2D eigenvalue weighted by Crippen LogP contribution is 2.46. The van der Waals surface area contributed by atoms with E-state index in [1.807, 2.05) is 0 Å². The Morgan fingerprint density at radius 3 is 2.21 bits per heavy atom. The van der Waals surface area contributed by atoms with E-state index in [2.05, 4.69) is 0 Å². The summed E-state index contributed by atoms with van der Waals surface area (Å²) >= 11 is 0. The summed E-state index contributed by atoms with van der Waals surface area (Å²) in [6, 6.07) is 6.42. The Balaban J connectivity index is 0.00000240. The van der Waals surface area contributed by atoms with Crippen LogP contribution in [0.25, 0.3) is 22.3 Å². The van der Waals surface area contributed by atoms with Crippen LogP contribution in [-0.4, -0.2) is 40.7 Å². The maximum absolute atomic E-state index is 12.9. The minimum absolute atomic E-state index is 0. The van der Waals surface area contributed by atoms with Crippen LogP contribution in [0.4, 0.5) is 0 Å². The molecule has 1 aromatic heterocycles. The molecule has 1 aliphatic rings. The molecule has 29 heavy (non-hydrogen) atoms. The molecular weight excluding hydrogens is 384 g/mol. The van der Waals surface area contributed by atoms with Gasteiger partial charge < -0.3 is 38.3 Å². The van der Waals surface area contributed by atoms with Crippen LogP contribution in [0.5, 0.6) is 34.5 Å². The number of fused-ring (bicyclic) bond motifs is 2. The fraction of sp³-hybridized carbons (Fsp3) is 0.250. The maximum Gasteiger partial charge on any atom is 0.231 e. The van der Waals surface area contributed by atoms with Crippen molar-refractivity contribution in [1.82, 2.24) is 0 Å². The highest BCUT2D eigenvalue weighted by molar-refractivity contribution is 5.90. The lowest BCUT2D eigenvalue weighted by Gasteiger charge is -2.14. The average molecular weight is 404 g/mol. The van der Waals surface area contributed by atoms with Gasteiger partial charge in [-0.25, -0.2) is 0 Å². The van der Waals surface area contributed by atoms with Gasteiger partial charge in [0.1, 0.15) is 16.7 Å². The highest BCUT2D eigenvalue weighted by atomic mass is 16.7. The van der Waals surface area contributed by atoms with Crippen molar-refractivity contribution in [3.8, 4) is 45.8 Å². The summed E-state index contributed by atoms with van der Waals surface area (Å²) in [5.41, 5.74) is 0.619. The third kappa shape index (κ3) is 3.15. The van der Waals surface area contributed by atoms with Crippen molar-refractivity contribution in [3.05, 3.63) is 34.5 Å². The van der Waals surface area contributed by atoms with Crippen LogP contribution < -0.4 is 33.8 Å². The second kappa shape index (κ2) is 7.80. The first-order chi connectivity index (χ1) is 13.6. The largest absolute Gasteiger partial charge is 0.493 e. The summed E-state index contributed by atoms with van der Waals surface area (Å²) in [5.74, 6) is 2.81. The van der Waals surface area contributed by atoms with Gasteiger partial charge in [-0.3, -0.25) is 4.79 Å². The minimum atomic E-state index is -0.286. The molecule has 0 spiro atoms. The third-order valence-electron chi connectivity index (χ3n) is 4.47. The number of hydrogen-bond donors (Lipinski definition) is 0. The summed E-state index contributed by atoms with van der Waals surface area (Å²) in [5, 5.41) is 0.261. The molecule has 3 aromatic rings. The predicted octanol–water partition coefficient (Wildman–Crippen LogP) is 2.40. The van der Waals surface area contributed by atoms with Crippen LogP contribution in [-0.2, 0) is 0 Å². The van der Waals surface area contributed by atoms with E-state index in [-0.39, 0.29) is 28.8 Å². The molecule has 154 valence electrons. The molecule has 0 aliphatic carbocycles. The Labute approximate surface area is 165 Å². The van der Waals surface area contributed by atoms with Crippen molar-refractivity contribution in [3.63, 3.8) is 0 Å². The number of ether oxygens (including phenoxy) is 6. The van der Waals surface area contributed by atoms with E-state index in [4.69, 9.17) is 32.8 Å². The molecule has 0 saturated carbocycles. The molecule has 0 radical (unpaired) electrons. The number of hydrogen-bond acceptors (Lipinski definition) is 8. The van der Waals surface area contributed by atoms with E-state index in [1.54, 1.807) is 18.2 Å². The average Bonchev–Trinajstić information content (AvgIpc) is 3.19. The van der Waals surface area contributed by atoms with Crippen molar-refractivity contribution in [2.45, 2.75) is 0 Å². The Bertz CT molecular complexity index is 1120. The van der Waals surface area contributed by atoms with Gasteiger partial charge in [-0.15, -0.1) is 0 Å². The Hall–Kier alpha value is -3.59. The van der Waals surface area contributed by atoms with Crippen molar-refractivity contribution in [2.24, 2.45) is 0 Å². The molecule has 0 saturated heterocycles. The quantitative estimate of drug-likeness (QED) is 0.636. The summed E-state index contributed by atoms with van der Waals surface area (Å²) < 4.78 is 38.3. The fourth-order valence-corrected chi connectivity index (χ4v) is 3.20. The monoisotopic (exact) mass is 404 g/mol. The van der Waals surface area contributed by atoms with E-state index in [1.165, 1.54) is 34.5 Å². The first kappa shape index (κ1) is 20.2. The summed E-state index contributed by atoms with van der Waals surface area (Å²) in [7, 11) is 5.95. The van der Waals surface area contributed by atoms with Gasteiger partial charge in [-0.1, -0.05) is 0 Å². The second-order valence-electron chi connectivity index (χ2n) is 5.91. The van der Waals surface area contributed by atoms with Crippen molar-refractivity contribution in [2.75, 3.05) is 35.2 Å². The molecule has 1 aliphatic heterocycles. The summed E-state index contributed by atoms with van der Waals surface area (Å²) in [4.78, 5) is 12.9. The van der Waals surface area contributed by atoms with Crippen LogP contribution in [0.1, 0.15) is 0 Å². The lowest BCUT2D eigenvalue weighted by molar-refractivity contribution is 0.171. The number of methoxy groups -OCH3 is 4. The SMILES string of the molecule is COc1cc(-c2cc(=O)c3c(OC)c(OC)c(OC)cc3o2)cc2c1OCO2.O. The molecule has 2 heterocycles. The smallest absolute Gasteiger partial charge is 0.231 e. The van der Waals surface area contributed by atoms with Crippen LogP contribution in [0.2, 0.25) is 0 Å². The standard InChI is InChI=1S/C20H18O8.H2O/c1-22-14-5-10(6-16-18(14)27-9-26-16)12-7-11(21)17-13(28-12)8-15(23-2)19(24-3)20(17)25-4;/h5-8H,9H2,1-4H3;1H2. The van der Waals surface area contributed by atoms with E-state index < -0.39 is 0 Å². The Morgan fingerprint density at radius 2 is 1.55 bits per heavy atom. The zero-order valence-corrected chi connectivity index (χ0v) is 16.3. The number of rotatable bonds is 5. The van der Waals surface area contributed by atoms with Crippen LogP contribution >= 0.6 is 0 Å². The molecule has 2 aromatic carbocycles. The van der Waals surface area contributed by atoms with E-state index >= 15 is 0 Å². The fourth-order valence-electron chi connectivity index (χ4n) is 3.20. The van der Waals surface area contributed by atoms with Crippen molar-refractivity contribution >= 4 is 11.0 Å². The maximum atomic E-state index is 12.9. The van der Waals surface area contributed by atoms with Gasteiger partial charge in [0.25, 0.3) is 0 Å². The molecule has 9 heteroatoms. The first-order valence-electron chi connectivity index (χ1n) is 8.36. The zero-order valence-electron chi connectivity index (χ0n) is 16.3. The van der Waals surface area contributed by atoms with E-state index in [0.29, 0.717) is 45.7 Å². The van der Waals surface area contributed by atoms with Gasteiger partial charge in [0, 0.05) is 17.7 Å². The normalized spacial score (nSPS) is 11.7. The molecule has 0 fully saturated rings. The number of benzene rings is 2. The lowest BCUT2D eigenvalue weighted by Crippen LogP contribution is -2.05. The van der Waals surface area contributed by atoms with Gasteiger partial charge >= 0.3 is 0 Å². The van der Waals surface area contributed by atoms with Gasteiger partial charge in [0.05, 0.1) is 28.4 Å². The zero-order chi connectivity index (χ0) is 19.8. The van der Waals surface area contributed by atoms with Crippen LogP contribution in [0.3, 0.4) is 0 Å². The molecule has 0 bridgehead atoms. The predicted molar refractivity (Wildman–Crippen MR) is 104 cm³/mol. The molecule has 2 N–H and O–H groups in total. The summed E-state index contributed by atoms with van der Waals surface area (Å²) in [6.07, 6.45) is 0. The molecule has 0 atom stereocenters. The first-order valence-corrected chi connectivity index (χ1v) is 8.36. The van der Waals surface area contributed by atoms with E-state index in [9.17, 15) is 4.79 Å². The minimum Gasteiger partial charge on any atom is -0.493 e. The van der Waals surface area contributed by atoms with Gasteiger partial charge in [0.2, 0.25) is 18.3 Å². The molecular formula is C20H20O9. The topological polar surface area (TPSA) is 117 Å². The van der Waals surface area contributed by atoms with Crippen LogP contribution in [0, 0.1) is 0 Å². The highest BCUT2D eigenvalue weighted by Gasteiger charge is 2.24. The Morgan fingerprint density at radius 1 is 0.828 bits per heavy atom. The Kier molecular flexibility index (Phi) is 5.42. The van der Waals surface area contributed by atoms with E-state index in [0.717, 1.165) is 0 Å². The van der Waals surface area contributed by atoms with Crippen LogP contribution in [0.15, 0.2) is 33.5 Å².